The minimum atomic E-state index is 0.218. The van der Waals surface area contributed by atoms with Gasteiger partial charge in [0.05, 0.1) is 6.42 Å². The van der Waals surface area contributed by atoms with Crippen LogP contribution in [0.4, 0.5) is 0 Å². The summed E-state index contributed by atoms with van der Waals surface area (Å²) in [5.41, 5.74) is 0.993. The highest BCUT2D eigenvalue weighted by molar-refractivity contribution is 5.79. The van der Waals surface area contributed by atoms with Gasteiger partial charge in [-0.3, -0.25) is 9.78 Å². The van der Waals surface area contributed by atoms with Crippen molar-refractivity contribution >= 4 is 5.91 Å². The Labute approximate surface area is 102 Å². The fourth-order valence-electron chi connectivity index (χ4n) is 2.39. The van der Waals surface area contributed by atoms with Crippen molar-refractivity contribution in [1.82, 2.24) is 15.2 Å². The maximum Gasteiger partial charge on any atom is 0.227 e. The quantitative estimate of drug-likeness (QED) is 0.838. The first-order chi connectivity index (χ1) is 8.31. The standard InChI is InChI=1S/C13H19N3O/c1-14-10-12-5-3-7-16(12)13(17)8-11-4-2-6-15-9-11/h2,4,6,9,12,14H,3,5,7-8,10H2,1H3. The van der Waals surface area contributed by atoms with Crippen LogP contribution in [0.3, 0.4) is 0 Å². The summed E-state index contributed by atoms with van der Waals surface area (Å²) in [6, 6.07) is 4.19. The number of aromatic nitrogens is 1. The molecule has 2 heterocycles. The van der Waals surface area contributed by atoms with Crippen molar-refractivity contribution in [3.8, 4) is 0 Å². The highest BCUT2D eigenvalue weighted by atomic mass is 16.2. The summed E-state index contributed by atoms with van der Waals surface area (Å²) in [6.07, 6.45) is 6.19. The van der Waals surface area contributed by atoms with Gasteiger partial charge in [0.25, 0.3) is 0 Å². The molecule has 1 N–H and O–H groups in total. The molecule has 4 heteroatoms. The zero-order valence-electron chi connectivity index (χ0n) is 10.2. The lowest BCUT2D eigenvalue weighted by atomic mass is 10.1. The Hall–Kier alpha value is -1.42. The van der Waals surface area contributed by atoms with Gasteiger partial charge in [0.2, 0.25) is 5.91 Å². The maximum absolute atomic E-state index is 12.2. The second-order valence-electron chi connectivity index (χ2n) is 4.48. The van der Waals surface area contributed by atoms with Crippen LogP contribution in [0, 0.1) is 0 Å². The van der Waals surface area contributed by atoms with Crippen LogP contribution in [-0.4, -0.2) is 42.0 Å². The van der Waals surface area contributed by atoms with Gasteiger partial charge in [-0.1, -0.05) is 6.07 Å². The molecule has 1 aliphatic heterocycles. The predicted octanol–water partition coefficient (Wildman–Crippen LogP) is 0.834. The Morgan fingerprint density at radius 3 is 3.24 bits per heavy atom. The molecule has 1 unspecified atom stereocenters. The van der Waals surface area contributed by atoms with Gasteiger partial charge >= 0.3 is 0 Å². The molecule has 17 heavy (non-hydrogen) atoms. The van der Waals surface area contributed by atoms with E-state index in [4.69, 9.17) is 0 Å². The van der Waals surface area contributed by atoms with Crippen molar-refractivity contribution in [3.63, 3.8) is 0 Å². The summed E-state index contributed by atoms with van der Waals surface area (Å²) in [7, 11) is 1.93. The highest BCUT2D eigenvalue weighted by Gasteiger charge is 2.27. The number of hydrogen-bond donors (Lipinski definition) is 1. The van der Waals surface area contributed by atoms with Crippen LogP contribution in [-0.2, 0) is 11.2 Å². The number of likely N-dealkylation sites (N-methyl/N-ethyl adjacent to an activating group) is 1. The lowest BCUT2D eigenvalue weighted by molar-refractivity contribution is -0.131. The molecule has 4 nitrogen and oxygen atoms in total. The van der Waals surface area contributed by atoms with Crippen molar-refractivity contribution in [2.24, 2.45) is 0 Å². The minimum absolute atomic E-state index is 0.218. The molecule has 1 aromatic rings. The molecule has 1 atom stereocenters. The number of carbonyl (C=O) groups excluding carboxylic acids is 1. The van der Waals surface area contributed by atoms with Crippen LogP contribution in [0.25, 0.3) is 0 Å². The van der Waals surface area contributed by atoms with Gasteiger partial charge in [-0.15, -0.1) is 0 Å². The summed E-state index contributed by atoms with van der Waals surface area (Å²) < 4.78 is 0. The third-order valence-electron chi connectivity index (χ3n) is 3.22. The minimum Gasteiger partial charge on any atom is -0.338 e. The summed E-state index contributed by atoms with van der Waals surface area (Å²) in [5.74, 6) is 0.218. The fraction of sp³-hybridized carbons (Fsp3) is 0.538. The molecule has 0 radical (unpaired) electrons. The lowest BCUT2D eigenvalue weighted by Gasteiger charge is -2.24. The van der Waals surface area contributed by atoms with Crippen LogP contribution < -0.4 is 5.32 Å². The largest absolute Gasteiger partial charge is 0.338 e. The van der Waals surface area contributed by atoms with Gasteiger partial charge in [0.15, 0.2) is 0 Å². The second-order valence-corrected chi connectivity index (χ2v) is 4.48. The predicted molar refractivity (Wildman–Crippen MR) is 66.6 cm³/mol. The molecule has 1 aromatic heterocycles. The van der Waals surface area contributed by atoms with E-state index in [0.717, 1.165) is 31.5 Å². The fourth-order valence-corrected chi connectivity index (χ4v) is 2.39. The Bertz CT molecular complexity index is 366. The van der Waals surface area contributed by atoms with E-state index in [2.05, 4.69) is 10.3 Å². The SMILES string of the molecule is CNCC1CCCN1C(=O)Cc1cccnc1. The van der Waals surface area contributed by atoms with E-state index in [1.807, 2.05) is 24.1 Å². The van der Waals surface area contributed by atoms with Crippen molar-refractivity contribution in [2.75, 3.05) is 20.1 Å². The maximum atomic E-state index is 12.2. The molecule has 2 rings (SSSR count). The van der Waals surface area contributed by atoms with E-state index in [1.54, 1.807) is 12.4 Å². The average Bonchev–Trinajstić information content (AvgIpc) is 2.79. The van der Waals surface area contributed by atoms with Gasteiger partial charge in [-0.05, 0) is 31.5 Å². The van der Waals surface area contributed by atoms with Gasteiger partial charge in [0.1, 0.15) is 0 Å². The third-order valence-corrected chi connectivity index (χ3v) is 3.22. The number of rotatable bonds is 4. The Morgan fingerprint density at radius 2 is 2.53 bits per heavy atom. The van der Waals surface area contributed by atoms with E-state index in [0.29, 0.717) is 12.5 Å². The number of pyridine rings is 1. The third kappa shape index (κ3) is 3.03. The molecule has 1 saturated heterocycles. The average molecular weight is 233 g/mol. The van der Waals surface area contributed by atoms with Gasteiger partial charge < -0.3 is 10.2 Å². The topological polar surface area (TPSA) is 45.2 Å². The van der Waals surface area contributed by atoms with E-state index >= 15 is 0 Å². The number of amides is 1. The Morgan fingerprint density at radius 1 is 1.65 bits per heavy atom. The number of nitrogens with zero attached hydrogens (tertiary/aromatic N) is 2. The summed E-state index contributed by atoms with van der Waals surface area (Å²) in [6.45, 7) is 1.78. The van der Waals surface area contributed by atoms with Gasteiger partial charge in [-0.25, -0.2) is 0 Å². The summed E-state index contributed by atoms with van der Waals surface area (Å²) >= 11 is 0. The molecule has 92 valence electrons. The molecule has 0 bridgehead atoms. The Kier molecular flexibility index (Phi) is 4.09. The van der Waals surface area contributed by atoms with E-state index in [-0.39, 0.29) is 5.91 Å². The van der Waals surface area contributed by atoms with Crippen LogP contribution in [0.5, 0.6) is 0 Å². The van der Waals surface area contributed by atoms with Crippen molar-refractivity contribution in [2.45, 2.75) is 25.3 Å². The molecular formula is C13H19N3O. The summed E-state index contributed by atoms with van der Waals surface area (Å²) in [5, 5.41) is 3.15. The van der Waals surface area contributed by atoms with Crippen molar-refractivity contribution in [3.05, 3.63) is 30.1 Å². The molecular weight excluding hydrogens is 214 g/mol. The molecule has 0 saturated carbocycles. The molecule has 1 amide bonds. The van der Waals surface area contributed by atoms with E-state index in [1.165, 1.54) is 0 Å². The van der Waals surface area contributed by atoms with Gasteiger partial charge in [-0.2, -0.15) is 0 Å². The van der Waals surface area contributed by atoms with Crippen LogP contribution in [0.15, 0.2) is 24.5 Å². The first-order valence-electron chi connectivity index (χ1n) is 6.14. The molecule has 0 spiro atoms. The number of hydrogen-bond acceptors (Lipinski definition) is 3. The molecule has 1 fully saturated rings. The zero-order valence-corrected chi connectivity index (χ0v) is 10.2. The zero-order chi connectivity index (χ0) is 12.1. The highest BCUT2D eigenvalue weighted by Crippen LogP contribution is 2.17. The molecule has 1 aliphatic rings. The molecule has 0 aromatic carbocycles. The van der Waals surface area contributed by atoms with Crippen molar-refractivity contribution < 1.29 is 4.79 Å². The van der Waals surface area contributed by atoms with Crippen molar-refractivity contribution in [1.29, 1.82) is 0 Å². The van der Waals surface area contributed by atoms with Crippen LogP contribution in [0.2, 0.25) is 0 Å². The van der Waals surface area contributed by atoms with Crippen LogP contribution in [0.1, 0.15) is 18.4 Å². The smallest absolute Gasteiger partial charge is 0.227 e. The van der Waals surface area contributed by atoms with Crippen LogP contribution >= 0.6 is 0 Å². The normalized spacial score (nSPS) is 19.6. The first-order valence-corrected chi connectivity index (χ1v) is 6.14. The lowest BCUT2D eigenvalue weighted by Crippen LogP contribution is -2.41. The summed E-state index contributed by atoms with van der Waals surface area (Å²) in [4.78, 5) is 18.2. The number of nitrogens with one attached hydrogen (secondary N) is 1. The Balaban J connectivity index is 1.95. The van der Waals surface area contributed by atoms with E-state index in [9.17, 15) is 4.79 Å². The van der Waals surface area contributed by atoms with Gasteiger partial charge in [0, 0.05) is 31.5 Å². The number of carbonyl (C=O) groups is 1. The second kappa shape index (κ2) is 5.77. The monoisotopic (exact) mass is 233 g/mol. The van der Waals surface area contributed by atoms with E-state index < -0.39 is 0 Å². The number of likely N-dealkylation sites (tertiary alicyclic amines) is 1. The first kappa shape index (κ1) is 12.0. The molecule has 0 aliphatic carbocycles.